The van der Waals surface area contributed by atoms with Gasteiger partial charge in [-0.3, -0.25) is 9.59 Å². The smallest absolute Gasteiger partial charge is 0.235 e. The Kier molecular flexibility index (Phi) is 1.96. The Morgan fingerprint density at radius 3 is 2.40 bits per heavy atom. The van der Waals surface area contributed by atoms with E-state index in [1.807, 2.05) is 19.1 Å². The molecule has 0 saturated carbocycles. The first-order chi connectivity index (χ1) is 7.02. The summed E-state index contributed by atoms with van der Waals surface area (Å²) in [7, 11) is 0. The third kappa shape index (κ3) is 1.28. The molecule has 0 saturated heterocycles. The fourth-order valence-corrected chi connectivity index (χ4v) is 1.71. The van der Waals surface area contributed by atoms with Gasteiger partial charge in [0, 0.05) is 11.3 Å². The summed E-state index contributed by atoms with van der Waals surface area (Å²) in [5.74, 6) is -0.953. The fourth-order valence-electron chi connectivity index (χ4n) is 1.71. The SMILES string of the molecule is CC1=Cc2ccc(C)c(N)c2C(=O)C1=O. The van der Waals surface area contributed by atoms with Gasteiger partial charge in [0.15, 0.2) is 0 Å². The Hall–Kier alpha value is -1.90. The number of hydrogen-bond donors (Lipinski definition) is 1. The summed E-state index contributed by atoms with van der Waals surface area (Å²) < 4.78 is 0. The van der Waals surface area contributed by atoms with Crippen LogP contribution in [0.4, 0.5) is 5.69 Å². The second-order valence-electron chi connectivity index (χ2n) is 3.75. The lowest BCUT2D eigenvalue weighted by Gasteiger charge is -2.15. The molecule has 3 heteroatoms. The van der Waals surface area contributed by atoms with E-state index in [1.165, 1.54) is 0 Å². The lowest BCUT2D eigenvalue weighted by molar-refractivity contribution is -0.111. The highest BCUT2D eigenvalue weighted by atomic mass is 16.2. The lowest BCUT2D eigenvalue weighted by Crippen LogP contribution is -2.22. The number of fused-ring (bicyclic) bond motifs is 1. The lowest BCUT2D eigenvalue weighted by atomic mass is 9.88. The van der Waals surface area contributed by atoms with Crippen LogP contribution in [0.5, 0.6) is 0 Å². The van der Waals surface area contributed by atoms with Crippen LogP contribution in [0.2, 0.25) is 0 Å². The second kappa shape index (κ2) is 3.05. The zero-order valence-corrected chi connectivity index (χ0v) is 8.63. The van der Waals surface area contributed by atoms with Crippen molar-refractivity contribution < 1.29 is 9.59 Å². The van der Waals surface area contributed by atoms with Gasteiger partial charge < -0.3 is 5.73 Å². The zero-order valence-electron chi connectivity index (χ0n) is 8.63. The molecule has 0 unspecified atom stereocenters. The Morgan fingerprint density at radius 2 is 1.73 bits per heavy atom. The molecule has 0 atom stereocenters. The first-order valence-corrected chi connectivity index (χ1v) is 4.68. The zero-order chi connectivity index (χ0) is 11.2. The van der Waals surface area contributed by atoms with E-state index in [0.717, 1.165) is 11.1 Å². The van der Waals surface area contributed by atoms with E-state index in [-0.39, 0.29) is 0 Å². The van der Waals surface area contributed by atoms with Crippen LogP contribution in [0.1, 0.15) is 28.4 Å². The molecular weight excluding hydrogens is 190 g/mol. The van der Waals surface area contributed by atoms with Crippen LogP contribution in [0.3, 0.4) is 0 Å². The number of benzene rings is 1. The van der Waals surface area contributed by atoms with Gasteiger partial charge in [-0.2, -0.15) is 0 Å². The average Bonchev–Trinajstić information content (AvgIpc) is 2.20. The summed E-state index contributed by atoms with van der Waals surface area (Å²) in [6, 6.07) is 3.66. The molecule has 0 aliphatic heterocycles. The number of rotatable bonds is 0. The van der Waals surface area contributed by atoms with E-state index >= 15 is 0 Å². The third-order valence-electron chi connectivity index (χ3n) is 2.66. The van der Waals surface area contributed by atoms with Gasteiger partial charge in [0.05, 0.1) is 5.56 Å². The van der Waals surface area contributed by atoms with Crippen molar-refractivity contribution >= 4 is 23.3 Å². The van der Waals surface area contributed by atoms with Crippen LogP contribution in [-0.4, -0.2) is 11.6 Å². The van der Waals surface area contributed by atoms with Gasteiger partial charge in [-0.15, -0.1) is 0 Å². The van der Waals surface area contributed by atoms with E-state index in [4.69, 9.17) is 5.73 Å². The number of nitrogen functional groups attached to an aromatic ring is 1. The van der Waals surface area contributed by atoms with Crippen molar-refractivity contribution in [3.63, 3.8) is 0 Å². The minimum Gasteiger partial charge on any atom is -0.398 e. The van der Waals surface area contributed by atoms with Gasteiger partial charge in [0.1, 0.15) is 0 Å². The normalized spacial score (nSPS) is 14.9. The second-order valence-corrected chi connectivity index (χ2v) is 3.75. The molecule has 0 amide bonds. The molecular formula is C12H11NO2. The molecule has 2 N–H and O–H groups in total. The predicted molar refractivity (Wildman–Crippen MR) is 58.6 cm³/mol. The number of carbonyl (C=O) groups excluding carboxylic acids is 2. The van der Waals surface area contributed by atoms with Gasteiger partial charge in [-0.1, -0.05) is 12.1 Å². The van der Waals surface area contributed by atoms with Crippen molar-refractivity contribution in [1.82, 2.24) is 0 Å². The van der Waals surface area contributed by atoms with Crippen LogP contribution >= 0.6 is 0 Å². The largest absolute Gasteiger partial charge is 0.398 e. The number of hydrogen-bond acceptors (Lipinski definition) is 3. The van der Waals surface area contributed by atoms with Crippen LogP contribution in [0, 0.1) is 6.92 Å². The Balaban J connectivity index is 2.79. The van der Waals surface area contributed by atoms with Crippen molar-refractivity contribution in [2.45, 2.75) is 13.8 Å². The third-order valence-corrected chi connectivity index (χ3v) is 2.66. The van der Waals surface area contributed by atoms with Crippen LogP contribution in [0.25, 0.3) is 6.08 Å². The van der Waals surface area contributed by atoms with Crippen molar-refractivity contribution in [2.75, 3.05) is 5.73 Å². The summed E-state index contributed by atoms with van der Waals surface area (Å²) >= 11 is 0. The summed E-state index contributed by atoms with van der Waals surface area (Å²) in [5.41, 5.74) is 8.59. The molecule has 0 radical (unpaired) electrons. The molecule has 0 fully saturated rings. The van der Waals surface area contributed by atoms with E-state index in [0.29, 0.717) is 16.8 Å². The number of allylic oxidation sites excluding steroid dienone is 1. The Morgan fingerprint density at radius 1 is 1.07 bits per heavy atom. The van der Waals surface area contributed by atoms with Gasteiger partial charge in [-0.25, -0.2) is 0 Å². The molecule has 0 bridgehead atoms. The molecule has 1 aromatic rings. The maximum Gasteiger partial charge on any atom is 0.235 e. The first kappa shape index (κ1) is 9.65. The maximum atomic E-state index is 11.7. The standard InChI is InChI=1S/C12H11NO2/c1-6-3-4-8-5-7(2)11(14)12(15)9(8)10(6)13/h3-5H,13H2,1-2H3. The molecule has 3 nitrogen and oxygen atoms in total. The molecule has 0 aromatic heterocycles. The minimum absolute atomic E-state index is 0.352. The van der Waals surface area contributed by atoms with Gasteiger partial charge in [-0.05, 0) is 31.1 Å². The van der Waals surface area contributed by atoms with Gasteiger partial charge in [0.25, 0.3) is 0 Å². The highest BCUT2D eigenvalue weighted by molar-refractivity contribution is 6.52. The Labute approximate surface area is 87.6 Å². The average molecular weight is 201 g/mol. The minimum atomic E-state index is -0.494. The summed E-state index contributed by atoms with van der Waals surface area (Å²) in [5, 5.41) is 0. The molecule has 1 aromatic carbocycles. The number of ketones is 2. The number of Topliss-reactive ketones (excluding diaryl/α,β-unsaturated/α-hetero) is 2. The number of anilines is 1. The maximum absolute atomic E-state index is 11.7. The van der Waals surface area contributed by atoms with Crippen molar-refractivity contribution in [1.29, 1.82) is 0 Å². The quantitative estimate of drug-likeness (QED) is 0.513. The fraction of sp³-hybridized carbons (Fsp3) is 0.167. The summed E-state index contributed by atoms with van der Waals surface area (Å²) in [6.07, 6.45) is 1.70. The van der Waals surface area contributed by atoms with Crippen molar-refractivity contribution in [3.8, 4) is 0 Å². The van der Waals surface area contributed by atoms with E-state index in [9.17, 15) is 9.59 Å². The molecule has 1 aliphatic rings. The number of carbonyl (C=O) groups is 2. The summed E-state index contributed by atoms with van der Waals surface area (Å²) in [6.45, 7) is 3.46. The van der Waals surface area contributed by atoms with Crippen LogP contribution < -0.4 is 5.73 Å². The highest BCUT2D eigenvalue weighted by Gasteiger charge is 2.27. The van der Waals surface area contributed by atoms with E-state index < -0.39 is 11.6 Å². The summed E-state index contributed by atoms with van der Waals surface area (Å²) in [4.78, 5) is 23.2. The predicted octanol–water partition coefficient (Wildman–Crippen LogP) is 1.75. The molecule has 0 heterocycles. The molecule has 0 spiro atoms. The first-order valence-electron chi connectivity index (χ1n) is 4.68. The molecule has 76 valence electrons. The van der Waals surface area contributed by atoms with E-state index in [2.05, 4.69) is 0 Å². The molecule has 2 rings (SSSR count). The molecule has 15 heavy (non-hydrogen) atoms. The highest BCUT2D eigenvalue weighted by Crippen LogP contribution is 2.28. The van der Waals surface area contributed by atoms with Gasteiger partial charge in [0.2, 0.25) is 11.6 Å². The van der Waals surface area contributed by atoms with Gasteiger partial charge >= 0.3 is 0 Å². The molecule has 1 aliphatic carbocycles. The Bertz CT molecular complexity index is 513. The van der Waals surface area contributed by atoms with E-state index in [1.54, 1.807) is 13.0 Å². The topological polar surface area (TPSA) is 60.2 Å². The van der Waals surface area contributed by atoms with Crippen LogP contribution in [0.15, 0.2) is 17.7 Å². The monoisotopic (exact) mass is 201 g/mol. The number of aryl methyl sites for hydroxylation is 1. The van der Waals surface area contributed by atoms with Crippen molar-refractivity contribution in [3.05, 3.63) is 34.4 Å². The number of nitrogens with two attached hydrogens (primary N) is 1. The van der Waals surface area contributed by atoms with Crippen molar-refractivity contribution in [2.24, 2.45) is 0 Å². The van der Waals surface area contributed by atoms with Crippen LogP contribution in [-0.2, 0) is 4.79 Å².